The van der Waals surface area contributed by atoms with Gasteiger partial charge in [0.25, 0.3) is 11.8 Å². The fraction of sp³-hybridized carbons (Fsp3) is 0.0952. The van der Waals surface area contributed by atoms with E-state index >= 15 is 0 Å². The van der Waals surface area contributed by atoms with E-state index in [9.17, 15) is 35.9 Å². The highest BCUT2D eigenvalue weighted by atomic mass is 19.4. The average Bonchev–Trinajstić information content (AvgIpc) is 3.37. The number of nitrogens with one attached hydrogen (secondary N) is 2. The Balaban J connectivity index is 1.61. The van der Waals surface area contributed by atoms with Crippen LogP contribution in [0.25, 0.3) is 16.6 Å². The summed E-state index contributed by atoms with van der Waals surface area (Å²) in [5, 5.41) is 8.78. The van der Waals surface area contributed by atoms with Gasteiger partial charge in [-0.1, -0.05) is 12.1 Å². The molecule has 0 spiro atoms. The van der Waals surface area contributed by atoms with Crippen molar-refractivity contribution in [3.05, 3.63) is 71.4 Å². The first-order valence-corrected chi connectivity index (χ1v) is 9.68. The largest absolute Gasteiger partial charge is 0.434 e. The van der Waals surface area contributed by atoms with Gasteiger partial charge >= 0.3 is 12.4 Å². The summed E-state index contributed by atoms with van der Waals surface area (Å²) in [6.45, 7) is 0. The Hall–Kier alpha value is -4.49. The number of rotatable bonds is 3. The van der Waals surface area contributed by atoms with E-state index in [1.54, 1.807) is 0 Å². The molecule has 8 nitrogen and oxygen atoms in total. The third kappa shape index (κ3) is 3.72. The second-order valence-corrected chi connectivity index (χ2v) is 7.38. The Kier molecular flexibility index (Phi) is 4.79. The van der Waals surface area contributed by atoms with Crippen LogP contribution in [-0.2, 0) is 12.4 Å². The molecule has 4 aromatic rings. The molecular formula is C21H10F6N6O2. The van der Waals surface area contributed by atoms with E-state index < -0.39 is 46.8 Å². The van der Waals surface area contributed by atoms with Gasteiger partial charge in [-0.25, -0.2) is 9.67 Å². The van der Waals surface area contributed by atoms with Crippen LogP contribution in [0.15, 0.2) is 48.9 Å². The van der Waals surface area contributed by atoms with Gasteiger partial charge in [0.2, 0.25) is 0 Å². The molecule has 1 aromatic carbocycles. The van der Waals surface area contributed by atoms with Gasteiger partial charge in [-0.15, -0.1) is 0 Å². The summed E-state index contributed by atoms with van der Waals surface area (Å²) in [6, 6.07) is 5.89. The predicted octanol–water partition coefficient (Wildman–Crippen LogP) is 4.67. The Labute approximate surface area is 190 Å². The number of carbonyl (C=O) groups excluding carboxylic acids is 2. The second-order valence-electron chi connectivity index (χ2n) is 7.38. The molecule has 1 aliphatic heterocycles. The van der Waals surface area contributed by atoms with Crippen molar-refractivity contribution < 1.29 is 35.9 Å². The maximum atomic E-state index is 14.1. The van der Waals surface area contributed by atoms with Crippen molar-refractivity contribution in [3.8, 4) is 5.82 Å². The predicted molar refractivity (Wildman–Crippen MR) is 109 cm³/mol. The van der Waals surface area contributed by atoms with Gasteiger partial charge in [0.05, 0.1) is 23.6 Å². The third-order valence-corrected chi connectivity index (χ3v) is 5.17. The molecule has 0 radical (unpaired) electrons. The number of pyridine rings is 2. The van der Waals surface area contributed by atoms with Crippen molar-refractivity contribution in [1.82, 2.24) is 19.7 Å². The Morgan fingerprint density at radius 2 is 1.77 bits per heavy atom. The van der Waals surface area contributed by atoms with Crippen molar-refractivity contribution in [3.63, 3.8) is 0 Å². The molecular weight excluding hydrogens is 482 g/mol. The molecule has 0 fully saturated rings. The maximum absolute atomic E-state index is 14.1. The van der Waals surface area contributed by atoms with Crippen LogP contribution in [0.3, 0.4) is 0 Å². The van der Waals surface area contributed by atoms with Gasteiger partial charge in [-0.3, -0.25) is 14.6 Å². The highest BCUT2D eigenvalue weighted by Gasteiger charge is 2.41. The lowest BCUT2D eigenvalue weighted by Gasteiger charge is -2.14. The maximum Gasteiger partial charge on any atom is 0.434 e. The smallest absolute Gasteiger partial charge is 0.322 e. The van der Waals surface area contributed by atoms with Crippen molar-refractivity contribution >= 4 is 34.0 Å². The zero-order valence-electron chi connectivity index (χ0n) is 17.0. The molecule has 0 saturated heterocycles. The summed E-state index contributed by atoms with van der Waals surface area (Å²) in [4.78, 5) is 31.9. The van der Waals surface area contributed by atoms with E-state index in [-0.39, 0.29) is 16.8 Å². The molecule has 0 atom stereocenters. The average molecular weight is 492 g/mol. The highest BCUT2D eigenvalue weighted by molar-refractivity contribution is 6.24. The molecule has 0 aliphatic carbocycles. The van der Waals surface area contributed by atoms with E-state index in [1.807, 2.05) is 5.32 Å². The second kappa shape index (κ2) is 7.51. The first-order valence-electron chi connectivity index (χ1n) is 9.68. The molecule has 5 rings (SSSR count). The van der Waals surface area contributed by atoms with Crippen LogP contribution >= 0.6 is 0 Å². The van der Waals surface area contributed by atoms with Crippen LogP contribution in [0, 0.1) is 0 Å². The first-order chi connectivity index (χ1) is 16.4. The lowest BCUT2D eigenvalue weighted by atomic mass is 10.1. The van der Waals surface area contributed by atoms with E-state index in [4.69, 9.17) is 0 Å². The van der Waals surface area contributed by atoms with Gasteiger partial charge in [-0.05, 0) is 18.2 Å². The minimum Gasteiger partial charge on any atom is -0.322 e. The zero-order chi connectivity index (χ0) is 25.1. The number of amides is 2. The van der Waals surface area contributed by atoms with Crippen LogP contribution in [-0.4, -0.2) is 31.6 Å². The molecule has 178 valence electrons. The molecule has 2 amide bonds. The topological polar surface area (TPSA) is 102 Å². The number of benzene rings is 1. The highest BCUT2D eigenvalue weighted by Crippen LogP contribution is 2.38. The zero-order valence-corrected chi connectivity index (χ0v) is 17.0. The van der Waals surface area contributed by atoms with E-state index in [0.717, 1.165) is 12.3 Å². The number of hydrogen-bond acceptors (Lipinski definition) is 5. The van der Waals surface area contributed by atoms with Gasteiger partial charge in [0.15, 0.2) is 11.5 Å². The summed E-state index contributed by atoms with van der Waals surface area (Å²) in [7, 11) is 0. The van der Waals surface area contributed by atoms with Crippen molar-refractivity contribution in [2.24, 2.45) is 0 Å². The summed E-state index contributed by atoms with van der Waals surface area (Å²) < 4.78 is 81.3. The summed E-state index contributed by atoms with van der Waals surface area (Å²) in [5.74, 6) is -2.08. The molecule has 1 aliphatic rings. The monoisotopic (exact) mass is 492 g/mol. The number of anilines is 2. The molecule has 4 heterocycles. The number of carbonyl (C=O) groups is 2. The minimum absolute atomic E-state index is 0.169. The summed E-state index contributed by atoms with van der Waals surface area (Å²) in [5.41, 5.74) is -3.64. The van der Waals surface area contributed by atoms with Gasteiger partial charge in [0, 0.05) is 28.2 Å². The summed E-state index contributed by atoms with van der Waals surface area (Å²) in [6.07, 6.45) is -7.35. The third-order valence-electron chi connectivity index (χ3n) is 5.17. The normalized spacial score (nSPS) is 13.3. The van der Waals surface area contributed by atoms with E-state index in [0.29, 0.717) is 28.0 Å². The Morgan fingerprint density at radius 3 is 2.49 bits per heavy atom. The minimum atomic E-state index is -5.10. The van der Waals surface area contributed by atoms with Gasteiger partial charge < -0.3 is 10.6 Å². The quantitative estimate of drug-likeness (QED) is 0.405. The van der Waals surface area contributed by atoms with E-state index in [1.165, 1.54) is 24.4 Å². The molecule has 0 bridgehead atoms. The van der Waals surface area contributed by atoms with E-state index in [2.05, 4.69) is 20.4 Å². The number of halogens is 6. The molecule has 14 heteroatoms. The molecule has 0 saturated carbocycles. The number of hydrogen-bond donors (Lipinski definition) is 2. The number of alkyl halides is 6. The van der Waals surface area contributed by atoms with Crippen molar-refractivity contribution in [1.29, 1.82) is 0 Å². The first kappa shape index (κ1) is 22.3. The SMILES string of the molecule is O=C(Nc1ccnc(C(F)(F)F)c1)c1cnn(-c2ncc3c4c(cccc24)C(=O)N3)c1C(F)(F)F. The molecule has 35 heavy (non-hydrogen) atoms. The Bertz CT molecular complexity index is 1530. The summed E-state index contributed by atoms with van der Waals surface area (Å²) >= 11 is 0. The fourth-order valence-electron chi connectivity index (χ4n) is 3.74. The van der Waals surface area contributed by atoms with Crippen LogP contribution in [0.2, 0.25) is 0 Å². The van der Waals surface area contributed by atoms with Crippen LogP contribution in [0.4, 0.5) is 37.7 Å². The molecule has 2 N–H and O–H groups in total. The number of aromatic nitrogens is 4. The van der Waals surface area contributed by atoms with Gasteiger partial charge in [-0.2, -0.15) is 31.4 Å². The standard InChI is InChI=1S/C21H10F6N6O2/c22-20(23,24)14-6-9(4-5-28-14)31-19(35)12-7-30-33(16(12)21(25,26)27)17-10-2-1-3-11-15(10)13(8-29-17)32-18(11)34/h1-8H,(H,32,34)(H,28,31,35). The van der Waals surface area contributed by atoms with Crippen LogP contribution < -0.4 is 10.6 Å². The van der Waals surface area contributed by atoms with Crippen LogP contribution in [0.5, 0.6) is 0 Å². The van der Waals surface area contributed by atoms with Crippen LogP contribution in [0.1, 0.15) is 32.1 Å². The van der Waals surface area contributed by atoms with Crippen molar-refractivity contribution in [2.75, 3.05) is 10.6 Å². The fourth-order valence-corrected chi connectivity index (χ4v) is 3.74. The lowest BCUT2D eigenvalue weighted by Crippen LogP contribution is -2.21. The number of nitrogens with zero attached hydrogens (tertiary/aromatic N) is 4. The molecule has 0 unspecified atom stereocenters. The molecule has 3 aromatic heterocycles. The van der Waals surface area contributed by atoms with Crippen molar-refractivity contribution in [2.45, 2.75) is 12.4 Å². The lowest BCUT2D eigenvalue weighted by molar-refractivity contribution is -0.143. The Morgan fingerprint density at radius 1 is 1.00 bits per heavy atom. The van der Waals surface area contributed by atoms with Gasteiger partial charge in [0.1, 0.15) is 5.69 Å².